The first kappa shape index (κ1) is 16.8. The molecule has 0 saturated heterocycles. The van der Waals surface area contributed by atoms with Gasteiger partial charge in [-0.2, -0.15) is 0 Å². The first-order chi connectivity index (χ1) is 13.3. The Morgan fingerprint density at radius 3 is 2.74 bits per heavy atom. The molecule has 0 radical (unpaired) electrons. The number of aromatic nitrogens is 3. The Bertz CT molecular complexity index is 949. The molecule has 0 bridgehead atoms. The van der Waals surface area contributed by atoms with Gasteiger partial charge in [0.25, 0.3) is 5.91 Å². The van der Waals surface area contributed by atoms with Crippen LogP contribution in [0.2, 0.25) is 0 Å². The molecule has 136 valence electrons. The number of carbonyl (C=O) groups excluding carboxylic acids is 1. The Morgan fingerprint density at radius 2 is 1.89 bits per heavy atom. The Kier molecular flexibility index (Phi) is 4.78. The molecule has 3 aromatic rings. The SMILES string of the molecule is O=C(NCc1ccccn1)c1cc(Nc2ccc3c(c2)OCCO3)ncn1. The lowest BCUT2D eigenvalue weighted by Crippen LogP contribution is -2.24. The van der Waals surface area contributed by atoms with Gasteiger partial charge in [-0.1, -0.05) is 6.07 Å². The molecule has 4 rings (SSSR count). The number of rotatable bonds is 5. The van der Waals surface area contributed by atoms with E-state index in [1.54, 1.807) is 12.3 Å². The van der Waals surface area contributed by atoms with Crippen molar-refractivity contribution in [1.29, 1.82) is 0 Å². The maximum atomic E-state index is 12.3. The molecule has 0 fully saturated rings. The molecule has 1 amide bonds. The lowest BCUT2D eigenvalue weighted by Gasteiger charge is -2.19. The van der Waals surface area contributed by atoms with Gasteiger partial charge in [-0.3, -0.25) is 9.78 Å². The summed E-state index contributed by atoms with van der Waals surface area (Å²) in [7, 11) is 0. The Hall–Kier alpha value is -3.68. The van der Waals surface area contributed by atoms with Crippen LogP contribution >= 0.6 is 0 Å². The van der Waals surface area contributed by atoms with Crippen LogP contribution < -0.4 is 20.1 Å². The van der Waals surface area contributed by atoms with Gasteiger partial charge >= 0.3 is 0 Å². The summed E-state index contributed by atoms with van der Waals surface area (Å²) in [6.45, 7) is 1.39. The zero-order valence-corrected chi connectivity index (χ0v) is 14.4. The minimum atomic E-state index is -0.298. The molecular formula is C19H17N5O3. The number of nitrogens with one attached hydrogen (secondary N) is 2. The number of benzene rings is 1. The standard InChI is InChI=1S/C19H17N5O3/c25-19(21-11-14-3-1-2-6-20-14)15-10-18(23-12-22-15)24-13-4-5-16-17(9-13)27-8-7-26-16/h1-6,9-10,12H,7-8,11H2,(H,21,25)(H,22,23,24). The zero-order valence-electron chi connectivity index (χ0n) is 14.4. The van der Waals surface area contributed by atoms with Crippen molar-refractivity contribution in [2.45, 2.75) is 6.54 Å². The smallest absolute Gasteiger partial charge is 0.270 e. The molecule has 0 aliphatic carbocycles. The van der Waals surface area contributed by atoms with Crippen molar-refractivity contribution in [3.63, 3.8) is 0 Å². The van der Waals surface area contributed by atoms with Crippen molar-refractivity contribution < 1.29 is 14.3 Å². The first-order valence-corrected chi connectivity index (χ1v) is 8.45. The number of hydrogen-bond donors (Lipinski definition) is 2. The lowest BCUT2D eigenvalue weighted by molar-refractivity contribution is 0.0945. The largest absolute Gasteiger partial charge is 0.486 e. The summed E-state index contributed by atoms with van der Waals surface area (Å²) in [5.74, 6) is 1.59. The van der Waals surface area contributed by atoms with E-state index < -0.39 is 0 Å². The molecule has 0 saturated carbocycles. The summed E-state index contributed by atoms with van der Waals surface area (Å²) in [6.07, 6.45) is 3.03. The van der Waals surface area contributed by atoms with Crippen LogP contribution in [0.15, 0.2) is 55.0 Å². The second-order valence-corrected chi connectivity index (χ2v) is 5.78. The maximum Gasteiger partial charge on any atom is 0.270 e. The summed E-state index contributed by atoms with van der Waals surface area (Å²) in [4.78, 5) is 24.7. The van der Waals surface area contributed by atoms with Crippen LogP contribution in [0.4, 0.5) is 11.5 Å². The van der Waals surface area contributed by atoms with Crippen molar-refractivity contribution in [2.24, 2.45) is 0 Å². The van der Waals surface area contributed by atoms with Crippen LogP contribution in [0.25, 0.3) is 0 Å². The maximum absolute atomic E-state index is 12.3. The third-order valence-electron chi connectivity index (χ3n) is 3.87. The minimum Gasteiger partial charge on any atom is -0.486 e. The van der Waals surface area contributed by atoms with Crippen LogP contribution in [-0.4, -0.2) is 34.1 Å². The molecule has 8 heteroatoms. The van der Waals surface area contributed by atoms with E-state index in [4.69, 9.17) is 9.47 Å². The molecule has 1 aromatic carbocycles. The third-order valence-corrected chi connectivity index (χ3v) is 3.87. The Labute approximate surface area is 155 Å². The fourth-order valence-corrected chi connectivity index (χ4v) is 2.58. The summed E-state index contributed by atoms with van der Waals surface area (Å²) in [6, 6.07) is 12.6. The van der Waals surface area contributed by atoms with E-state index in [0.29, 0.717) is 37.1 Å². The molecule has 27 heavy (non-hydrogen) atoms. The molecule has 0 atom stereocenters. The van der Waals surface area contributed by atoms with Gasteiger partial charge in [0.15, 0.2) is 11.5 Å². The summed E-state index contributed by atoms with van der Waals surface area (Å²) in [5, 5.41) is 5.94. The average Bonchev–Trinajstić information content (AvgIpc) is 2.73. The average molecular weight is 363 g/mol. The Balaban J connectivity index is 1.43. The second kappa shape index (κ2) is 7.69. The van der Waals surface area contributed by atoms with Crippen molar-refractivity contribution in [3.05, 3.63) is 66.4 Å². The number of ether oxygens (including phenoxy) is 2. The van der Waals surface area contributed by atoms with Crippen LogP contribution in [0.5, 0.6) is 11.5 Å². The number of hydrogen-bond acceptors (Lipinski definition) is 7. The summed E-state index contributed by atoms with van der Waals surface area (Å²) >= 11 is 0. The van der Waals surface area contributed by atoms with Gasteiger partial charge in [0.1, 0.15) is 31.1 Å². The van der Waals surface area contributed by atoms with Crippen LogP contribution in [0.1, 0.15) is 16.2 Å². The van der Waals surface area contributed by atoms with Gasteiger partial charge in [-0.15, -0.1) is 0 Å². The van der Waals surface area contributed by atoms with Gasteiger partial charge in [-0.05, 0) is 24.3 Å². The number of nitrogens with zero attached hydrogens (tertiary/aromatic N) is 3. The van der Waals surface area contributed by atoms with E-state index in [1.165, 1.54) is 6.33 Å². The molecule has 3 heterocycles. The van der Waals surface area contributed by atoms with Gasteiger partial charge < -0.3 is 20.1 Å². The van der Waals surface area contributed by atoms with Crippen molar-refractivity contribution >= 4 is 17.4 Å². The minimum absolute atomic E-state index is 0.265. The lowest BCUT2D eigenvalue weighted by atomic mass is 10.2. The first-order valence-electron chi connectivity index (χ1n) is 8.45. The molecule has 2 aromatic heterocycles. The van der Waals surface area contributed by atoms with Gasteiger partial charge in [-0.25, -0.2) is 9.97 Å². The highest BCUT2D eigenvalue weighted by atomic mass is 16.6. The van der Waals surface area contributed by atoms with E-state index in [1.807, 2.05) is 36.4 Å². The number of fused-ring (bicyclic) bond motifs is 1. The van der Waals surface area contributed by atoms with Gasteiger partial charge in [0.05, 0.1) is 12.2 Å². The molecule has 1 aliphatic rings. The molecular weight excluding hydrogens is 346 g/mol. The van der Waals surface area contributed by atoms with Crippen molar-refractivity contribution in [2.75, 3.05) is 18.5 Å². The molecule has 0 spiro atoms. The highest BCUT2D eigenvalue weighted by molar-refractivity contribution is 5.92. The normalized spacial score (nSPS) is 12.3. The number of pyridine rings is 1. The van der Waals surface area contributed by atoms with E-state index in [0.717, 1.165) is 11.4 Å². The van der Waals surface area contributed by atoms with E-state index in [2.05, 4.69) is 25.6 Å². The second-order valence-electron chi connectivity index (χ2n) is 5.78. The molecule has 2 N–H and O–H groups in total. The molecule has 0 unspecified atom stereocenters. The van der Waals surface area contributed by atoms with Crippen molar-refractivity contribution in [3.8, 4) is 11.5 Å². The Morgan fingerprint density at radius 1 is 1.00 bits per heavy atom. The van der Waals surface area contributed by atoms with E-state index >= 15 is 0 Å². The third kappa shape index (κ3) is 4.12. The van der Waals surface area contributed by atoms with E-state index in [9.17, 15) is 4.79 Å². The highest BCUT2D eigenvalue weighted by Crippen LogP contribution is 2.33. The fourth-order valence-electron chi connectivity index (χ4n) is 2.58. The highest BCUT2D eigenvalue weighted by Gasteiger charge is 2.13. The summed E-state index contributed by atoms with van der Waals surface area (Å²) < 4.78 is 11.1. The topological polar surface area (TPSA) is 98.3 Å². The zero-order chi connectivity index (χ0) is 18.5. The molecule has 1 aliphatic heterocycles. The van der Waals surface area contributed by atoms with Crippen LogP contribution in [-0.2, 0) is 6.54 Å². The van der Waals surface area contributed by atoms with Crippen LogP contribution in [0.3, 0.4) is 0 Å². The van der Waals surface area contributed by atoms with Gasteiger partial charge in [0.2, 0.25) is 0 Å². The summed E-state index contributed by atoms with van der Waals surface area (Å²) in [5.41, 5.74) is 1.81. The van der Waals surface area contributed by atoms with Gasteiger partial charge in [0, 0.05) is 24.0 Å². The van der Waals surface area contributed by atoms with Crippen molar-refractivity contribution in [1.82, 2.24) is 20.3 Å². The fraction of sp³-hybridized carbons (Fsp3) is 0.158. The number of anilines is 2. The quantitative estimate of drug-likeness (QED) is 0.718. The number of amides is 1. The monoisotopic (exact) mass is 363 g/mol. The predicted octanol–water partition coefficient (Wildman–Crippen LogP) is 2.32. The number of carbonyl (C=O) groups is 1. The van der Waals surface area contributed by atoms with E-state index in [-0.39, 0.29) is 11.6 Å². The predicted molar refractivity (Wildman–Crippen MR) is 98.2 cm³/mol. The molecule has 8 nitrogen and oxygen atoms in total. The van der Waals surface area contributed by atoms with Crippen LogP contribution in [0, 0.1) is 0 Å².